The van der Waals surface area contributed by atoms with Crippen LogP contribution in [0.1, 0.15) is 11.1 Å². The van der Waals surface area contributed by atoms with E-state index in [2.05, 4.69) is 148 Å². The van der Waals surface area contributed by atoms with Crippen molar-refractivity contribution in [3.63, 3.8) is 0 Å². The van der Waals surface area contributed by atoms with Gasteiger partial charge >= 0.3 is 0 Å². The van der Waals surface area contributed by atoms with Gasteiger partial charge in [-0.15, -0.1) is 0 Å². The molecule has 11 rings (SSSR count). The smallest absolute Gasteiger partial charge is 0.163 e. The van der Waals surface area contributed by atoms with E-state index in [1.54, 1.807) is 0 Å². The van der Waals surface area contributed by atoms with Gasteiger partial charge < -0.3 is 0 Å². The highest BCUT2D eigenvalue weighted by Gasteiger charge is 2.30. The molecule has 4 heteroatoms. The molecule has 0 spiro atoms. The van der Waals surface area contributed by atoms with Gasteiger partial charge in [0, 0.05) is 38.2 Å². The first kappa shape index (κ1) is 26.5. The summed E-state index contributed by atoms with van der Waals surface area (Å²) in [6, 6.07) is 56.3. The Labute approximate surface area is 282 Å². The summed E-state index contributed by atoms with van der Waals surface area (Å²) in [6.45, 7) is 0. The third-order valence-corrected chi connectivity index (χ3v) is 10.3. The molecule has 1 aliphatic rings. The van der Waals surface area contributed by atoms with E-state index in [0.717, 1.165) is 51.1 Å². The van der Waals surface area contributed by atoms with Crippen LogP contribution in [0, 0.1) is 0 Å². The number of nitrogens with zero attached hydrogens (tertiary/aromatic N) is 4. The number of fused-ring (bicyclic) bond motifs is 13. The van der Waals surface area contributed by atoms with E-state index in [1.165, 1.54) is 49.3 Å². The van der Waals surface area contributed by atoms with Crippen LogP contribution in [-0.4, -0.2) is 18.9 Å². The molecule has 49 heavy (non-hydrogen) atoms. The van der Waals surface area contributed by atoms with Crippen molar-refractivity contribution in [3.8, 4) is 39.7 Å². The van der Waals surface area contributed by atoms with Crippen molar-refractivity contribution >= 4 is 49.0 Å². The summed E-state index contributed by atoms with van der Waals surface area (Å²) in [5, 5.41) is 7.37. The summed E-state index contributed by atoms with van der Waals surface area (Å²) < 4.78 is 4.83. The van der Waals surface area contributed by atoms with Gasteiger partial charge in [0.2, 0.25) is 0 Å². The van der Waals surface area contributed by atoms with Crippen molar-refractivity contribution in [2.24, 2.45) is 0 Å². The quantitative estimate of drug-likeness (QED) is 0.196. The second-order valence-corrected chi connectivity index (χ2v) is 12.9. The lowest BCUT2D eigenvalue weighted by Crippen LogP contribution is -2.07. The molecule has 0 N–H and O–H groups in total. The molecule has 228 valence electrons. The molecule has 4 nitrogen and oxygen atoms in total. The van der Waals surface area contributed by atoms with Crippen LogP contribution in [0.25, 0.3) is 88.7 Å². The molecule has 0 atom stereocenters. The third kappa shape index (κ3) is 3.63. The van der Waals surface area contributed by atoms with E-state index >= 15 is 0 Å². The second kappa shape index (κ2) is 9.99. The van der Waals surface area contributed by atoms with Crippen molar-refractivity contribution in [2.75, 3.05) is 0 Å². The number of para-hydroxylation sites is 1. The molecule has 10 aromatic rings. The lowest BCUT2D eigenvalue weighted by atomic mass is 9.94. The van der Waals surface area contributed by atoms with Crippen molar-refractivity contribution in [3.05, 3.63) is 169 Å². The zero-order valence-electron chi connectivity index (χ0n) is 26.5. The van der Waals surface area contributed by atoms with Crippen molar-refractivity contribution in [2.45, 2.75) is 6.42 Å². The summed E-state index contributed by atoms with van der Waals surface area (Å²) in [5.74, 6) is 2.63. The molecule has 0 unspecified atom stereocenters. The first-order valence-corrected chi connectivity index (χ1v) is 16.8. The van der Waals surface area contributed by atoms with Crippen LogP contribution in [0.3, 0.4) is 0 Å². The number of hydrogen-bond acceptors (Lipinski definition) is 2. The molecule has 0 saturated heterocycles. The van der Waals surface area contributed by atoms with Gasteiger partial charge in [0.15, 0.2) is 11.5 Å². The summed E-state index contributed by atoms with van der Waals surface area (Å²) >= 11 is 0. The van der Waals surface area contributed by atoms with Gasteiger partial charge in [-0.3, -0.25) is 8.97 Å². The Morgan fingerprint density at radius 2 is 1.10 bits per heavy atom. The predicted octanol–water partition coefficient (Wildman–Crippen LogP) is 11.0. The highest BCUT2D eigenvalue weighted by molar-refractivity contribution is 6.27. The Bertz CT molecular complexity index is 2950. The van der Waals surface area contributed by atoms with Gasteiger partial charge in [-0.1, -0.05) is 152 Å². The van der Waals surface area contributed by atoms with Crippen molar-refractivity contribution in [1.29, 1.82) is 0 Å². The molecule has 1 aliphatic carbocycles. The zero-order chi connectivity index (χ0) is 32.1. The van der Waals surface area contributed by atoms with Crippen LogP contribution < -0.4 is 0 Å². The normalized spacial score (nSPS) is 12.4. The molecule has 0 saturated carbocycles. The van der Waals surface area contributed by atoms with Crippen LogP contribution in [0.4, 0.5) is 0 Å². The van der Waals surface area contributed by atoms with Crippen LogP contribution >= 0.6 is 0 Å². The summed E-state index contributed by atoms with van der Waals surface area (Å²) in [4.78, 5) is 10.7. The van der Waals surface area contributed by atoms with Gasteiger partial charge in [-0.25, -0.2) is 9.97 Å². The van der Waals surface area contributed by atoms with Gasteiger partial charge in [0.25, 0.3) is 0 Å². The van der Waals surface area contributed by atoms with Crippen LogP contribution in [-0.2, 0) is 6.42 Å². The fourth-order valence-corrected chi connectivity index (χ4v) is 8.31. The minimum absolute atomic E-state index is 0.713. The topological polar surface area (TPSA) is 35.1 Å². The maximum atomic E-state index is 5.36. The van der Waals surface area contributed by atoms with Gasteiger partial charge in [-0.05, 0) is 39.9 Å². The van der Waals surface area contributed by atoms with Crippen molar-refractivity contribution in [1.82, 2.24) is 18.9 Å². The third-order valence-electron chi connectivity index (χ3n) is 10.3. The molecular formula is C45H28N4. The predicted molar refractivity (Wildman–Crippen MR) is 201 cm³/mol. The lowest BCUT2D eigenvalue weighted by Gasteiger charge is -2.16. The largest absolute Gasteiger partial charge is 0.294 e. The number of hydrogen-bond donors (Lipinski definition) is 0. The minimum Gasteiger partial charge on any atom is -0.294 e. The molecule has 7 aromatic carbocycles. The SMILES string of the molecule is c1ccc(-c2nc(-c3ccccc3)n3c(-n4c5ccccc5c5c6ccccc6c6c(c54)-c4ccccc4C6)c4ccccc4c3n2)cc1. The number of rotatable bonds is 3. The van der Waals surface area contributed by atoms with E-state index in [-0.39, 0.29) is 0 Å². The zero-order valence-corrected chi connectivity index (χ0v) is 26.5. The Kier molecular flexibility index (Phi) is 5.41. The van der Waals surface area contributed by atoms with Gasteiger partial charge in [-0.2, -0.15) is 0 Å². The van der Waals surface area contributed by atoms with E-state index in [1.807, 2.05) is 18.2 Å². The van der Waals surface area contributed by atoms with Gasteiger partial charge in [0.1, 0.15) is 11.6 Å². The highest BCUT2D eigenvalue weighted by atomic mass is 15.2. The summed E-state index contributed by atoms with van der Waals surface area (Å²) in [5.41, 5.74) is 10.7. The van der Waals surface area contributed by atoms with E-state index in [0.29, 0.717) is 5.82 Å². The molecular weight excluding hydrogens is 597 g/mol. The number of aromatic nitrogens is 4. The molecule has 3 heterocycles. The average molecular weight is 625 g/mol. The number of benzene rings is 7. The monoisotopic (exact) mass is 624 g/mol. The van der Waals surface area contributed by atoms with Crippen LogP contribution in [0.5, 0.6) is 0 Å². The molecule has 0 bridgehead atoms. The van der Waals surface area contributed by atoms with Gasteiger partial charge in [0.05, 0.1) is 11.0 Å². The Hall–Kier alpha value is -6.52. The first-order chi connectivity index (χ1) is 24.3. The maximum absolute atomic E-state index is 5.36. The lowest BCUT2D eigenvalue weighted by molar-refractivity contribution is 0.986. The second-order valence-electron chi connectivity index (χ2n) is 12.9. The molecule has 0 fully saturated rings. The van der Waals surface area contributed by atoms with E-state index in [4.69, 9.17) is 9.97 Å². The first-order valence-electron chi connectivity index (χ1n) is 16.8. The summed E-state index contributed by atoms with van der Waals surface area (Å²) in [7, 11) is 0. The molecule has 0 aliphatic heterocycles. The maximum Gasteiger partial charge on any atom is 0.163 e. The fraction of sp³-hybridized carbons (Fsp3) is 0.0222. The molecule has 0 radical (unpaired) electrons. The molecule has 3 aromatic heterocycles. The van der Waals surface area contributed by atoms with E-state index in [9.17, 15) is 0 Å². The molecule has 0 amide bonds. The van der Waals surface area contributed by atoms with Crippen LogP contribution in [0.2, 0.25) is 0 Å². The Balaban J connectivity index is 1.40. The Morgan fingerprint density at radius 3 is 1.90 bits per heavy atom. The minimum atomic E-state index is 0.713. The van der Waals surface area contributed by atoms with Crippen molar-refractivity contribution < 1.29 is 0 Å². The summed E-state index contributed by atoms with van der Waals surface area (Å²) in [6.07, 6.45) is 0.915. The standard InChI is InChI=1S/C45H28N4/c1-3-15-28(16-4-1)42-46-43(29-17-5-2-6-18-29)49-44(47-42)34-23-11-12-24-35(34)45(49)48-38-26-14-13-25-36(38)40-33-22-10-9-21-32(33)37-27-30-19-7-8-20-31(30)39(37)41(40)48/h1-26H,27H2. The average Bonchev–Trinajstić information content (AvgIpc) is 3.83. The van der Waals surface area contributed by atoms with Crippen LogP contribution in [0.15, 0.2) is 158 Å². The highest BCUT2D eigenvalue weighted by Crippen LogP contribution is 2.50. The van der Waals surface area contributed by atoms with E-state index < -0.39 is 0 Å². The fourth-order valence-electron chi connectivity index (χ4n) is 8.31. The Morgan fingerprint density at radius 1 is 0.490 bits per heavy atom.